The van der Waals surface area contributed by atoms with Crippen molar-refractivity contribution in [1.29, 1.82) is 0 Å². The van der Waals surface area contributed by atoms with Crippen LogP contribution in [0.5, 0.6) is 0 Å². The lowest BCUT2D eigenvalue weighted by Crippen LogP contribution is -2.09. The summed E-state index contributed by atoms with van der Waals surface area (Å²) in [7, 11) is 0. The first-order valence-corrected chi connectivity index (χ1v) is 6.74. The van der Waals surface area contributed by atoms with Crippen LogP contribution in [0, 0.1) is 0 Å². The number of hydrogen-bond donors (Lipinski definition) is 1. The van der Waals surface area contributed by atoms with Crippen LogP contribution in [-0.4, -0.2) is 19.7 Å². The number of benzene rings is 1. The maximum absolute atomic E-state index is 12.6. The standard InChI is InChI=1S/C14H9ClF3N5/c15-9-3-1-8(2-4-9)10-7-12(19)21-13(20-10)23-6-5-11(22-23)14(16,17)18/h1-7H,(H2,19,20,21). The molecule has 0 aliphatic rings. The molecule has 5 nitrogen and oxygen atoms in total. The van der Waals surface area contributed by atoms with Crippen LogP contribution >= 0.6 is 11.6 Å². The SMILES string of the molecule is Nc1cc(-c2ccc(Cl)cc2)nc(-n2ccc(C(F)(F)F)n2)n1. The molecular weight excluding hydrogens is 331 g/mol. The van der Waals surface area contributed by atoms with Gasteiger partial charge in [-0.2, -0.15) is 23.3 Å². The van der Waals surface area contributed by atoms with Gasteiger partial charge in [0.15, 0.2) is 5.69 Å². The Morgan fingerprint density at radius 1 is 1.04 bits per heavy atom. The van der Waals surface area contributed by atoms with Crippen LogP contribution in [0.3, 0.4) is 0 Å². The van der Waals surface area contributed by atoms with Gasteiger partial charge in [-0.05, 0) is 18.2 Å². The summed E-state index contributed by atoms with van der Waals surface area (Å²) in [6.45, 7) is 0. The summed E-state index contributed by atoms with van der Waals surface area (Å²) in [5.41, 5.74) is 5.84. The van der Waals surface area contributed by atoms with Crippen LogP contribution in [0.1, 0.15) is 5.69 Å². The quantitative estimate of drug-likeness (QED) is 0.774. The van der Waals surface area contributed by atoms with Gasteiger partial charge in [0.2, 0.25) is 0 Å². The Balaban J connectivity index is 2.04. The third-order valence-corrected chi connectivity index (χ3v) is 3.21. The zero-order valence-electron chi connectivity index (χ0n) is 11.4. The van der Waals surface area contributed by atoms with Gasteiger partial charge in [-0.15, -0.1) is 0 Å². The van der Waals surface area contributed by atoms with Crippen molar-refractivity contribution in [2.45, 2.75) is 6.18 Å². The second-order valence-corrected chi connectivity index (χ2v) is 5.06. The predicted molar refractivity (Wildman–Crippen MR) is 79.0 cm³/mol. The second kappa shape index (κ2) is 5.54. The molecule has 118 valence electrons. The van der Waals surface area contributed by atoms with E-state index in [0.29, 0.717) is 16.3 Å². The summed E-state index contributed by atoms with van der Waals surface area (Å²) in [6, 6.07) is 9.14. The van der Waals surface area contributed by atoms with E-state index in [1.165, 1.54) is 6.07 Å². The third kappa shape index (κ3) is 3.26. The average Bonchev–Trinajstić information content (AvgIpc) is 2.97. The van der Waals surface area contributed by atoms with Gasteiger partial charge in [0.25, 0.3) is 5.95 Å². The topological polar surface area (TPSA) is 69.6 Å². The number of alkyl halides is 3. The Morgan fingerprint density at radius 2 is 1.74 bits per heavy atom. The first-order valence-electron chi connectivity index (χ1n) is 6.37. The fourth-order valence-electron chi connectivity index (χ4n) is 1.91. The fourth-order valence-corrected chi connectivity index (χ4v) is 2.04. The fraction of sp³-hybridized carbons (Fsp3) is 0.0714. The van der Waals surface area contributed by atoms with Gasteiger partial charge in [0.1, 0.15) is 5.82 Å². The maximum Gasteiger partial charge on any atom is 0.435 e. The van der Waals surface area contributed by atoms with Gasteiger partial charge in [0, 0.05) is 22.8 Å². The zero-order valence-corrected chi connectivity index (χ0v) is 12.2. The molecule has 0 saturated heterocycles. The monoisotopic (exact) mass is 339 g/mol. The summed E-state index contributed by atoms with van der Waals surface area (Å²) < 4.78 is 38.8. The lowest BCUT2D eigenvalue weighted by atomic mass is 10.1. The Hall–Kier alpha value is -2.61. The van der Waals surface area contributed by atoms with E-state index in [0.717, 1.165) is 16.9 Å². The minimum atomic E-state index is -4.54. The van der Waals surface area contributed by atoms with Crippen LogP contribution < -0.4 is 5.73 Å². The van der Waals surface area contributed by atoms with Crippen molar-refractivity contribution in [2.24, 2.45) is 0 Å². The molecule has 0 spiro atoms. The average molecular weight is 340 g/mol. The van der Waals surface area contributed by atoms with Crippen molar-refractivity contribution in [3.05, 3.63) is 53.3 Å². The molecule has 0 aliphatic heterocycles. The highest BCUT2D eigenvalue weighted by Gasteiger charge is 2.33. The van der Waals surface area contributed by atoms with Crippen molar-refractivity contribution in [3.63, 3.8) is 0 Å². The molecule has 0 aliphatic carbocycles. The minimum absolute atomic E-state index is 0.0505. The van der Waals surface area contributed by atoms with Crippen molar-refractivity contribution >= 4 is 17.4 Å². The van der Waals surface area contributed by atoms with E-state index in [1.54, 1.807) is 24.3 Å². The first kappa shape index (κ1) is 15.3. The molecule has 0 radical (unpaired) electrons. The number of anilines is 1. The van der Waals surface area contributed by atoms with E-state index in [1.807, 2.05) is 0 Å². The third-order valence-electron chi connectivity index (χ3n) is 2.96. The highest BCUT2D eigenvalue weighted by Crippen LogP contribution is 2.28. The van der Waals surface area contributed by atoms with Crippen LogP contribution in [0.2, 0.25) is 5.02 Å². The zero-order chi connectivity index (χ0) is 16.6. The molecular formula is C14H9ClF3N5. The van der Waals surface area contributed by atoms with Gasteiger partial charge >= 0.3 is 6.18 Å². The second-order valence-electron chi connectivity index (χ2n) is 4.63. The van der Waals surface area contributed by atoms with Gasteiger partial charge in [-0.3, -0.25) is 0 Å². The Morgan fingerprint density at radius 3 is 2.35 bits per heavy atom. The maximum atomic E-state index is 12.6. The van der Waals surface area contributed by atoms with Gasteiger partial charge in [-0.1, -0.05) is 23.7 Å². The normalized spacial score (nSPS) is 11.7. The van der Waals surface area contributed by atoms with Crippen molar-refractivity contribution in [3.8, 4) is 17.2 Å². The summed E-state index contributed by atoms with van der Waals surface area (Å²) in [6.07, 6.45) is -3.41. The van der Waals surface area contributed by atoms with E-state index in [-0.39, 0.29) is 11.8 Å². The number of hydrogen-bond acceptors (Lipinski definition) is 4. The molecule has 23 heavy (non-hydrogen) atoms. The Kier molecular flexibility index (Phi) is 3.69. The van der Waals surface area contributed by atoms with E-state index >= 15 is 0 Å². The van der Waals surface area contributed by atoms with Gasteiger partial charge in [0.05, 0.1) is 5.69 Å². The lowest BCUT2D eigenvalue weighted by molar-refractivity contribution is -0.141. The molecule has 2 N–H and O–H groups in total. The number of aromatic nitrogens is 4. The molecule has 0 unspecified atom stereocenters. The molecule has 0 fully saturated rings. The van der Waals surface area contributed by atoms with Gasteiger partial charge in [-0.25, -0.2) is 9.67 Å². The highest BCUT2D eigenvalue weighted by atomic mass is 35.5. The first-order chi connectivity index (χ1) is 10.8. The molecule has 0 bridgehead atoms. The largest absolute Gasteiger partial charge is 0.435 e. The predicted octanol–water partition coefficient (Wildman–Crippen LogP) is 3.58. The summed E-state index contributed by atoms with van der Waals surface area (Å²) >= 11 is 5.82. The number of nitrogens with two attached hydrogens (primary N) is 1. The van der Waals surface area contributed by atoms with Crippen molar-refractivity contribution in [1.82, 2.24) is 19.7 Å². The highest BCUT2D eigenvalue weighted by molar-refractivity contribution is 6.30. The molecule has 0 saturated carbocycles. The molecule has 3 aromatic rings. The molecule has 2 aromatic heterocycles. The Bertz CT molecular complexity index is 842. The van der Waals surface area contributed by atoms with E-state index in [4.69, 9.17) is 17.3 Å². The van der Waals surface area contributed by atoms with Crippen LogP contribution in [0.4, 0.5) is 19.0 Å². The van der Waals surface area contributed by atoms with E-state index in [9.17, 15) is 13.2 Å². The van der Waals surface area contributed by atoms with Crippen LogP contribution in [0.25, 0.3) is 17.2 Å². The van der Waals surface area contributed by atoms with E-state index < -0.39 is 11.9 Å². The smallest absolute Gasteiger partial charge is 0.384 e. The van der Waals surface area contributed by atoms with E-state index in [2.05, 4.69) is 15.1 Å². The number of halogens is 4. The van der Waals surface area contributed by atoms with Crippen molar-refractivity contribution < 1.29 is 13.2 Å². The van der Waals surface area contributed by atoms with Gasteiger partial charge < -0.3 is 5.73 Å². The Labute approximate surface area is 133 Å². The van der Waals surface area contributed by atoms with Crippen LogP contribution in [-0.2, 0) is 6.18 Å². The number of nitrogen functional groups attached to an aromatic ring is 1. The molecule has 2 heterocycles. The number of rotatable bonds is 2. The molecule has 3 rings (SSSR count). The minimum Gasteiger partial charge on any atom is -0.384 e. The van der Waals surface area contributed by atoms with Crippen molar-refractivity contribution in [2.75, 3.05) is 5.73 Å². The summed E-state index contributed by atoms with van der Waals surface area (Å²) in [4.78, 5) is 8.11. The summed E-state index contributed by atoms with van der Waals surface area (Å²) in [5.74, 6) is 0.0643. The lowest BCUT2D eigenvalue weighted by Gasteiger charge is -2.06. The molecule has 0 atom stereocenters. The molecule has 9 heteroatoms. The summed E-state index contributed by atoms with van der Waals surface area (Å²) in [5, 5.41) is 3.99. The number of nitrogens with zero attached hydrogens (tertiary/aromatic N) is 4. The van der Waals surface area contributed by atoms with Crippen LogP contribution in [0.15, 0.2) is 42.6 Å². The molecule has 1 aromatic carbocycles. The molecule has 0 amide bonds.